The van der Waals surface area contributed by atoms with E-state index in [2.05, 4.69) is 33.4 Å². The molecule has 0 saturated heterocycles. The summed E-state index contributed by atoms with van der Waals surface area (Å²) < 4.78 is 9.06. The molecule has 4 heterocycles. The van der Waals surface area contributed by atoms with E-state index in [-0.39, 0.29) is 0 Å². The fourth-order valence-corrected chi connectivity index (χ4v) is 3.76. The average Bonchev–Trinajstić information content (AvgIpc) is 3.30. The van der Waals surface area contributed by atoms with Crippen LogP contribution in [-0.2, 0) is 13.0 Å². The molecule has 0 N–H and O–H groups in total. The Morgan fingerprint density at radius 2 is 2.00 bits per heavy atom. The summed E-state index contributed by atoms with van der Waals surface area (Å²) in [6, 6.07) is 2.06. The van der Waals surface area contributed by atoms with Gasteiger partial charge in [-0.1, -0.05) is 23.4 Å². The molecule has 0 aliphatic carbocycles. The van der Waals surface area contributed by atoms with Crippen LogP contribution < -0.4 is 0 Å². The molecule has 9 heteroatoms. The summed E-state index contributed by atoms with van der Waals surface area (Å²) in [5.74, 6) is 1.59. The molecule has 130 valence electrons. The summed E-state index contributed by atoms with van der Waals surface area (Å²) in [5.41, 5.74) is 3.93. The summed E-state index contributed by atoms with van der Waals surface area (Å²) in [5, 5.41) is 22.8. The van der Waals surface area contributed by atoms with Gasteiger partial charge in [-0.05, 0) is 33.3 Å². The maximum atomic E-state index is 5.24. The molecule has 25 heavy (non-hydrogen) atoms. The first kappa shape index (κ1) is 15.9. The number of hydrogen-bond acceptors (Lipinski definition) is 7. The Morgan fingerprint density at radius 1 is 1.16 bits per heavy atom. The molecule has 0 unspecified atom stereocenters. The molecule has 4 aromatic rings. The van der Waals surface area contributed by atoms with Crippen LogP contribution in [0.4, 0.5) is 0 Å². The van der Waals surface area contributed by atoms with Gasteiger partial charge >= 0.3 is 0 Å². The van der Waals surface area contributed by atoms with E-state index in [1.807, 2.05) is 30.0 Å². The molecule has 0 fully saturated rings. The second kappa shape index (κ2) is 6.07. The lowest BCUT2D eigenvalue weighted by Crippen LogP contribution is -2.02. The summed E-state index contributed by atoms with van der Waals surface area (Å²) in [6.45, 7) is 8.85. The van der Waals surface area contributed by atoms with Crippen molar-refractivity contribution >= 4 is 16.3 Å². The molecule has 0 aromatic carbocycles. The highest BCUT2D eigenvalue weighted by molar-refractivity contribution is 7.19. The van der Waals surface area contributed by atoms with Crippen LogP contribution in [0.1, 0.15) is 41.9 Å². The van der Waals surface area contributed by atoms with Crippen molar-refractivity contribution in [2.24, 2.45) is 0 Å². The molecule has 8 nitrogen and oxygen atoms in total. The summed E-state index contributed by atoms with van der Waals surface area (Å²) >= 11 is 1.52. The van der Waals surface area contributed by atoms with E-state index in [1.165, 1.54) is 11.3 Å². The third-order valence-corrected chi connectivity index (χ3v) is 5.05. The highest BCUT2D eigenvalue weighted by Gasteiger charge is 2.19. The molecule has 0 amide bonds. The topological polar surface area (TPSA) is 86.9 Å². The lowest BCUT2D eigenvalue weighted by Gasteiger charge is -2.02. The van der Waals surface area contributed by atoms with Gasteiger partial charge in [-0.2, -0.15) is 14.7 Å². The second-order valence-corrected chi connectivity index (χ2v) is 7.05. The van der Waals surface area contributed by atoms with E-state index >= 15 is 0 Å². The average molecular weight is 357 g/mol. The van der Waals surface area contributed by atoms with Gasteiger partial charge in [0.2, 0.25) is 4.96 Å². The Morgan fingerprint density at radius 3 is 2.72 bits per heavy atom. The molecule has 0 bridgehead atoms. The normalized spacial score (nSPS) is 11.7. The smallest absolute Gasteiger partial charge is 0.235 e. The summed E-state index contributed by atoms with van der Waals surface area (Å²) in [6.07, 6.45) is 1.62. The molecule has 4 rings (SSSR count). The van der Waals surface area contributed by atoms with Crippen LogP contribution in [0.2, 0.25) is 0 Å². The van der Waals surface area contributed by atoms with E-state index < -0.39 is 0 Å². The van der Waals surface area contributed by atoms with E-state index in [4.69, 9.17) is 9.62 Å². The number of nitrogens with zero attached hydrogens (tertiary/aromatic N) is 7. The van der Waals surface area contributed by atoms with E-state index in [9.17, 15) is 0 Å². The van der Waals surface area contributed by atoms with Crippen molar-refractivity contribution in [2.45, 2.75) is 47.1 Å². The van der Waals surface area contributed by atoms with Gasteiger partial charge < -0.3 is 4.52 Å². The van der Waals surface area contributed by atoms with Gasteiger partial charge in [-0.3, -0.25) is 4.68 Å². The predicted octanol–water partition coefficient (Wildman–Crippen LogP) is 2.96. The van der Waals surface area contributed by atoms with Crippen LogP contribution in [-0.4, -0.2) is 34.7 Å². The fourth-order valence-electron chi connectivity index (χ4n) is 2.88. The summed E-state index contributed by atoms with van der Waals surface area (Å²) in [4.78, 5) is 0.777. The quantitative estimate of drug-likeness (QED) is 0.546. The molecule has 0 aliphatic rings. The van der Waals surface area contributed by atoms with Crippen molar-refractivity contribution in [3.8, 4) is 10.7 Å². The minimum absolute atomic E-state index is 0.596. The van der Waals surface area contributed by atoms with Crippen LogP contribution in [0, 0.1) is 20.8 Å². The van der Waals surface area contributed by atoms with Gasteiger partial charge in [0, 0.05) is 18.5 Å². The third kappa shape index (κ3) is 2.74. The van der Waals surface area contributed by atoms with Crippen molar-refractivity contribution < 1.29 is 4.52 Å². The largest absolute Gasteiger partial charge is 0.361 e. The monoisotopic (exact) mass is 357 g/mol. The lowest BCUT2D eigenvalue weighted by molar-refractivity contribution is 0.392. The van der Waals surface area contributed by atoms with Gasteiger partial charge in [-0.15, -0.1) is 10.2 Å². The Balaban J connectivity index is 1.74. The molecule has 0 aliphatic heterocycles. The Hall–Kier alpha value is -2.55. The number of aryl methyl sites for hydroxylation is 4. The molecule has 4 aromatic heterocycles. The molecule has 0 saturated carbocycles. The molecular weight excluding hydrogens is 338 g/mol. The third-order valence-electron chi connectivity index (χ3n) is 4.13. The molecule has 0 radical (unpaired) electrons. The van der Waals surface area contributed by atoms with Gasteiger partial charge in [-0.25, -0.2) is 0 Å². The van der Waals surface area contributed by atoms with Crippen molar-refractivity contribution in [1.82, 2.24) is 34.7 Å². The number of hydrogen-bond donors (Lipinski definition) is 0. The fraction of sp³-hybridized carbons (Fsp3) is 0.438. The molecule has 0 atom stereocenters. The van der Waals surface area contributed by atoms with Crippen LogP contribution in [0.25, 0.3) is 15.7 Å². The van der Waals surface area contributed by atoms with Crippen LogP contribution in [0.5, 0.6) is 0 Å². The number of fused-ring (bicyclic) bond motifs is 1. The maximum Gasteiger partial charge on any atom is 0.235 e. The zero-order valence-corrected chi connectivity index (χ0v) is 15.5. The molecule has 0 spiro atoms. The van der Waals surface area contributed by atoms with E-state index in [0.717, 1.165) is 57.2 Å². The highest BCUT2D eigenvalue weighted by atomic mass is 32.1. The predicted molar refractivity (Wildman–Crippen MR) is 93.7 cm³/mol. The summed E-state index contributed by atoms with van der Waals surface area (Å²) in [7, 11) is 0. The maximum absolute atomic E-state index is 5.24. The van der Waals surface area contributed by atoms with Crippen LogP contribution >= 0.6 is 11.3 Å². The van der Waals surface area contributed by atoms with Gasteiger partial charge in [0.15, 0.2) is 10.8 Å². The SMILES string of the molecule is CCCn1nc(C)cc1-c1nn2c(Cc3c(C)noc3C)nnc2s1. The first-order chi connectivity index (χ1) is 12.1. The van der Waals surface area contributed by atoms with E-state index in [0.29, 0.717) is 6.42 Å². The van der Waals surface area contributed by atoms with Crippen LogP contribution in [0.15, 0.2) is 10.6 Å². The molecular formula is C16H19N7OS. The lowest BCUT2D eigenvalue weighted by atomic mass is 10.1. The number of aromatic nitrogens is 7. The highest BCUT2D eigenvalue weighted by Crippen LogP contribution is 2.27. The standard InChI is InChI=1S/C16H19N7OS/c1-5-6-22-13(7-9(2)19-22)15-20-23-14(17-18-16(23)25-15)8-12-10(3)21-24-11(12)4/h7H,5-6,8H2,1-4H3. The van der Waals surface area contributed by atoms with E-state index in [1.54, 1.807) is 0 Å². The first-order valence-corrected chi connectivity index (χ1v) is 9.06. The minimum Gasteiger partial charge on any atom is -0.361 e. The number of rotatable bonds is 5. The van der Waals surface area contributed by atoms with Crippen molar-refractivity contribution in [2.75, 3.05) is 0 Å². The first-order valence-electron chi connectivity index (χ1n) is 8.24. The zero-order chi connectivity index (χ0) is 17.6. The van der Waals surface area contributed by atoms with Gasteiger partial charge in [0.05, 0.1) is 17.1 Å². The zero-order valence-electron chi connectivity index (χ0n) is 14.6. The van der Waals surface area contributed by atoms with Crippen molar-refractivity contribution in [1.29, 1.82) is 0 Å². The van der Waals surface area contributed by atoms with Gasteiger partial charge in [0.1, 0.15) is 5.76 Å². The second-order valence-electron chi connectivity index (χ2n) is 6.09. The van der Waals surface area contributed by atoms with Gasteiger partial charge in [0.25, 0.3) is 0 Å². The Bertz CT molecular complexity index is 1020. The van der Waals surface area contributed by atoms with Crippen molar-refractivity contribution in [3.63, 3.8) is 0 Å². The van der Waals surface area contributed by atoms with Crippen molar-refractivity contribution in [3.05, 3.63) is 34.6 Å². The van der Waals surface area contributed by atoms with Crippen LogP contribution in [0.3, 0.4) is 0 Å². The Labute approximate surface area is 148 Å². The Kier molecular flexibility index (Phi) is 3.87. The minimum atomic E-state index is 0.596.